The topological polar surface area (TPSA) is 70.3 Å². The van der Waals surface area contributed by atoms with Gasteiger partial charge in [0.25, 0.3) is 0 Å². The Labute approximate surface area is 64.8 Å². The number of hydrogen-bond donors (Lipinski definition) is 1. The molecule has 0 fully saturated rings. The summed E-state index contributed by atoms with van der Waals surface area (Å²) in [6.45, 7) is 4.10. The number of hydrogen-bond acceptors (Lipinski definition) is 4. The minimum Gasteiger partial charge on any atom is -0.295 e. The highest BCUT2D eigenvalue weighted by Crippen LogP contribution is 2.07. The Morgan fingerprint density at radius 3 is 1.64 bits per heavy atom. The number of ketones is 2. The quantitative estimate of drug-likeness (QED) is 0.494. The van der Waals surface area contributed by atoms with E-state index in [1.807, 2.05) is 0 Å². The average Bonchev–Trinajstić information content (AvgIpc) is 1.88. The molecule has 0 aliphatic rings. The minimum absolute atomic E-state index is 0.0579. The van der Waals surface area contributed by atoms with Crippen LogP contribution in [0.5, 0.6) is 0 Å². The normalized spacial score (nSPS) is 11.9. The molecule has 4 nitrogen and oxygen atoms in total. The second-order valence-corrected chi connectivity index (χ2v) is 2.20. The molecule has 0 saturated heterocycles. The molecular weight excluding hydrogens is 144 g/mol. The third-order valence-corrected chi connectivity index (χ3v) is 1.33. The van der Waals surface area contributed by atoms with Crippen molar-refractivity contribution in [3.05, 3.63) is 11.3 Å². The van der Waals surface area contributed by atoms with Crippen LogP contribution in [0.2, 0.25) is 0 Å². The molecule has 11 heavy (non-hydrogen) atoms. The maximum absolute atomic E-state index is 10.7. The summed E-state index contributed by atoms with van der Waals surface area (Å²) >= 11 is 0. The van der Waals surface area contributed by atoms with E-state index in [9.17, 15) is 9.59 Å². The lowest BCUT2D eigenvalue weighted by atomic mass is 10.1. The zero-order valence-electron chi connectivity index (χ0n) is 6.76. The van der Waals surface area contributed by atoms with Crippen molar-refractivity contribution in [3.63, 3.8) is 0 Å². The fourth-order valence-corrected chi connectivity index (χ4v) is 0.593. The van der Waals surface area contributed by atoms with Crippen LogP contribution in [0.15, 0.2) is 16.4 Å². The maximum atomic E-state index is 10.7. The van der Waals surface area contributed by atoms with E-state index in [4.69, 9.17) is 5.53 Å². The molecule has 1 N–H and O–H groups in total. The fraction of sp³-hybridized carbons (Fsp3) is 0.429. The molecule has 0 spiro atoms. The summed E-state index contributed by atoms with van der Waals surface area (Å²) < 4.78 is 0. The van der Waals surface area contributed by atoms with Gasteiger partial charge in [-0.05, 0) is 13.8 Å². The first-order valence-electron chi connectivity index (χ1n) is 3.11. The summed E-state index contributed by atoms with van der Waals surface area (Å²) in [7, 11) is 0. The predicted molar refractivity (Wildman–Crippen MR) is 39.2 cm³/mol. The van der Waals surface area contributed by atoms with E-state index >= 15 is 0 Å². The van der Waals surface area contributed by atoms with Crippen LogP contribution in [0.25, 0.3) is 0 Å². The smallest absolute Gasteiger partial charge is 0.180 e. The van der Waals surface area contributed by atoms with Crippen molar-refractivity contribution in [1.29, 1.82) is 5.53 Å². The van der Waals surface area contributed by atoms with Gasteiger partial charge in [-0.3, -0.25) is 9.59 Å². The van der Waals surface area contributed by atoms with Crippen molar-refractivity contribution in [3.8, 4) is 0 Å². The molecule has 0 aliphatic carbocycles. The first-order valence-corrected chi connectivity index (χ1v) is 3.11. The number of nitrogens with zero attached hydrogens (tertiary/aromatic N) is 1. The Morgan fingerprint density at radius 1 is 1.09 bits per heavy atom. The Hall–Kier alpha value is -1.32. The van der Waals surface area contributed by atoms with Crippen LogP contribution in [0.1, 0.15) is 20.8 Å². The van der Waals surface area contributed by atoms with Crippen molar-refractivity contribution in [1.82, 2.24) is 0 Å². The number of carbonyl (C=O) groups excluding carboxylic acids is 2. The number of nitrogens with one attached hydrogen (secondary N) is 1. The Bertz CT molecular complexity index is 241. The largest absolute Gasteiger partial charge is 0.295 e. The Kier molecular flexibility index (Phi) is 3.30. The molecule has 0 aliphatic heterocycles. The van der Waals surface area contributed by atoms with Crippen LogP contribution in [0.4, 0.5) is 0 Å². The van der Waals surface area contributed by atoms with Gasteiger partial charge in [0.1, 0.15) is 5.70 Å². The van der Waals surface area contributed by atoms with Crippen LogP contribution in [-0.4, -0.2) is 11.6 Å². The van der Waals surface area contributed by atoms with E-state index in [1.165, 1.54) is 20.8 Å². The van der Waals surface area contributed by atoms with E-state index in [0.717, 1.165) is 0 Å². The maximum Gasteiger partial charge on any atom is 0.180 e. The molecule has 60 valence electrons. The fourth-order valence-electron chi connectivity index (χ4n) is 0.593. The number of allylic oxidation sites excluding steroid dienone is 2. The van der Waals surface area contributed by atoms with Crippen molar-refractivity contribution in [2.75, 3.05) is 0 Å². The summed E-state index contributed by atoms with van der Waals surface area (Å²) in [5.41, 5.74) is 6.79. The van der Waals surface area contributed by atoms with Gasteiger partial charge in [0.05, 0.1) is 0 Å². The van der Waals surface area contributed by atoms with E-state index in [0.29, 0.717) is 0 Å². The lowest BCUT2D eigenvalue weighted by Gasteiger charge is -1.97. The molecule has 0 aromatic heterocycles. The van der Waals surface area contributed by atoms with E-state index in [1.54, 1.807) is 0 Å². The molecule has 0 saturated carbocycles. The summed E-state index contributed by atoms with van der Waals surface area (Å²) in [6, 6.07) is 0. The zero-order valence-corrected chi connectivity index (χ0v) is 6.76. The van der Waals surface area contributed by atoms with Gasteiger partial charge in [-0.15, -0.1) is 0 Å². The Balaban J connectivity index is 4.99. The molecule has 0 atom stereocenters. The van der Waals surface area contributed by atoms with E-state index in [-0.39, 0.29) is 22.8 Å². The van der Waals surface area contributed by atoms with Crippen molar-refractivity contribution >= 4 is 11.6 Å². The molecule has 0 aromatic rings. The van der Waals surface area contributed by atoms with Gasteiger partial charge < -0.3 is 0 Å². The first kappa shape index (κ1) is 9.68. The monoisotopic (exact) mass is 154 g/mol. The van der Waals surface area contributed by atoms with Crippen LogP contribution >= 0.6 is 0 Å². The standard InChI is InChI=1S/C7H10N2O2/c1-4(5(2)10)7(9-8)6(3)11/h8H,1-3H3/b7-4+,9-8?. The summed E-state index contributed by atoms with van der Waals surface area (Å²) in [5.74, 6) is -0.584. The highest BCUT2D eigenvalue weighted by molar-refractivity contribution is 6.03. The highest BCUT2D eigenvalue weighted by Gasteiger charge is 2.09. The van der Waals surface area contributed by atoms with Gasteiger partial charge in [0.2, 0.25) is 0 Å². The van der Waals surface area contributed by atoms with Crippen molar-refractivity contribution in [2.45, 2.75) is 20.8 Å². The van der Waals surface area contributed by atoms with Gasteiger partial charge in [0, 0.05) is 12.5 Å². The first-order chi connectivity index (χ1) is 5.00. The van der Waals surface area contributed by atoms with Gasteiger partial charge in [0.15, 0.2) is 11.6 Å². The van der Waals surface area contributed by atoms with Gasteiger partial charge in [-0.25, -0.2) is 5.53 Å². The molecule has 0 rings (SSSR count). The lowest BCUT2D eigenvalue weighted by molar-refractivity contribution is -0.116. The number of rotatable bonds is 3. The van der Waals surface area contributed by atoms with Crippen LogP contribution in [0.3, 0.4) is 0 Å². The molecular formula is C7H10N2O2. The van der Waals surface area contributed by atoms with Gasteiger partial charge in [-0.2, -0.15) is 5.11 Å². The summed E-state index contributed by atoms with van der Waals surface area (Å²) in [6.07, 6.45) is 0. The van der Waals surface area contributed by atoms with Crippen molar-refractivity contribution in [2.24, 2.45) is 5.11 Å². The lowest BCUT2D eigenvalue weighted by Crippen LogP contribution is -2.02. The average molecular weight is 154 g/mol. The molecule has 0 heterocycles. The van der Waals surface area contributed by atoms with Gasteiger partial charge in [-0.1, -0.05) is 0 Å². The van der Waals surface area contributed by atoms with Crippen LogP contribution < -0.4 is 0 Å². The third kappa shape index (κ3) is 2.41. The summed E-state index contributed by atoms with van der Waals surface area (Å²) in [5, 5.41) is 2.97. The predicted octanol–water partition coefficient (Wildman–Crippen LogP) is 1.47. The molecule has 0 radical (unpaired) electrons. The Morgan fingerprint density at radius 2 is 1.55 bits per heavy atom. The second-order valence-electron chi connectivity index (χ2n) is 2.20. The number of Topliss-reactive ketones (excluding diaryl/α,β-unsaturated/α-hetero) is 2. The second kappa shape index (κ2) is 3.75. The van der Waals surface area contributed by atoms with Crippen LogP contribution in [-0.2, 0) is 9.59 Å². The van der Waals surface area contributed by atoms with Crippen molar-refractivity contribution < 1.29 is 9.59 Å². The number of carbonyl (C=O) groups is 2. The molecule has 0 unspecified atom stereocenters. The highest BCUT2D eigenvalue weighted by atomic mass is 16.1. The van der Waals surface area contributed by atoms with E-state index in [2.05, 4.69) is 5.11 Å². The molecule has 4 heteroatoms. The summed E-state index contributed by atoms with van der Waals surface area (Å²) in [4.78, 5) is 21.4. The molecule has 0 aromatic carbocycles. The van der Waals surface area contributed by atoms with Crippen LogP contribution in [0, 0.1) is 5.53 Å². The van der Waals surface area contributed by atoms with Gasteiger partial charge >= 0.3 is 0 Å². The molecule has 0 amide bonds. The van der Waals surface area contributed by atoms with E-state index < -0.39 is 0 Å². The molecule has 0 bridgehead atoms. The minimum atomic E-state index is -0.354. The zero-order chi connectivity index (χ0) is 9.02. The SMILES string of the molecule is CC(=O)/C(C)=C(/N=N)C(C)=O. The third-order valence-electron chi connectivity index (χ3n) is 1.33.